The van der Waals surface area contributed by atoms with Crippen molar-refractivity contribution in [2.75, 3.05) is 30.9 Å². The summed E-state index contributed by atoms with van der Waals surface area (Å²) in [7, 11) is 3.65. The predicted octanol–water partition coefficient (Wildman–Crippen LogP) is 3.91. The molecule has 25 heavy (non-hydrogen) atoms. The first kappa shape index (κ1) is 16.8. The Balaban J connectivity index is 1.62. The van der Waals surface area contributed by atoms with E-state index >= 15 is 0 Å². The number of nitrogens with one attached hydrogen (secondary N) is 1. The Morgan fingerprint density at radius 3 is 2.68 bits per heavy atom. The Morgan fingerprint density at radius 1 is 1.04 bits per heavy atom. The molecule has 5 heteroatoms. The average Bonchev–Trinajstić information content (AvgIpc) is 2.68. The van der Waals surface area contributed by atoms with Crippen LogP contribution in [0, 0.1) is 0 Å². The fraction of sp³-hybridized carbons (Fsp3) is 0.200. The number of anilines is 3. The van der Waals surface area contributed by atoms with Gasteiger partial charge in [-0.3, -0.25) is 0 Å². The SMILES string of the molecule is COc1cccc(CCNc2ccnc(N(C)c3ccccc3)n2)c1. The van der Waals surface area contributed by atoms with Crippen molar-refractivity contribution in [3.8, 4) is 5.75 Å². The Bertz CT molecular complexity index is 808. The van der Waals surface area contributed by atoms with Crippen LogP contribution in [0.4, 0.5) is 17.5 Å². The third kappa shape index (κ3) is 4.47. The van der Waals surface area contributed by atoms with Gasteiger partial charge >= 0.3 is 0 Å². The van der Waals surface area contributed by atoms with Crippen molar-refractivity contribution in [2.24, 2.45) is 0 Å². The molecule has 1 aromatic heterocycles. The summed E-state index contributed by atoms with van der Waals surface area (Å²) < 4.78 is 5.26. The molecule has 0 aliphatic heterocycles. The van der Waals surface area contributed by atoms with E-state index in [0.29, 0.717) is 5.95 Å². The number of hydrogen-bond donors (Lipinski definition) is 1. The molecule has 1 heterocycles. The van der Waals surface area contributed by atoms with Gasteiger partial charge in [0.25, 0.3) is 0 Å². The first-order valence-corrected chi connectivity index (χ1v) is 8.25. The summed E-state index contributed by atoms with van der Waals surface area (Å²) in [6.07, 6.45) is 2.67. The maximum absolute atomic E-state index is 5.26. The minimum absolute atomic E-state index is 0.664. The van der Waals surface area contributed by atoms with Gasteiger partial charge in [-0.1, -0.05) is 30.3 Å². The number of methoxy groups -OCH3 is 1. The van der Waals surface area contributed by atoms with Crippen molar-refractivity contribution in [3.63, 3.8) is 0 Å². The van der Waals surface area contributed by atoms with Crippen LogP contribution in [-0.2, 0) is 6.42 Å². The highest BCUT2D eigenvalue weighted by Gasteiger charge is 2.07. The summed E-state index contributed by atoms with van der Waals surface area (Å²) in [5.41, 5.74) is 2.28. The molecule has 0 unspecified atom stereocenters. The standard InChI is InChI=1S/C20H22N4O/c1-24(17-8-4-3-5-9-17)20-22-14-12-19(23-20)21-13-11-16-7-6-10-18(15-16)25-2/h3-10,12,14-15H,11,13H2,1-2H3,(H,21,22,23). The summed E-state index contributed by atoms with van der Waals surface area (Å²) in [6, 6.07) is 20.1. The first-order chi connectivity index (χ1) is 12.3. The van der Waals surface area contributed by atoms with Crippen LogP contribution in [0.25, 0.3) is 0 Å². The van der Waals surface area contributed by atoms with Gasteiger partial charge in [-0.15, -0.1) is 0 Å². The molecule has 0 fully saturated rings. The van der Waals surface area contributed by atoms with Gasteiger partial charge in [0, 0.05) is 25.5 Å². The zero-order valence-corrected chi connectivity index (χ0v) is 14.5. The van der Waals surface area contributed by atoms with Crippen LogP contribution in [0.3, 0.4) is 0 Å². The van der Waals surface area contributed by atoms with Gasteiger partial charge in [0.05, 0.1) is 7.11 Å². The smallest absolute Gasteiger partial charge is 0.231 e. The normalized spacial score (nSPS) is 10.3. The lowest BCUT2D eigenvalue weighted by Gasteiger charge is -2.17. The molecule has 0 spiro atoms. The summed E-state index contributed by atoms with van der Waals surface area (Å²) in [6.45, 7) is 0.790. The van der Waals surface area contributed by atoms with Crippen LogP contribution in [0.15, 0.2) is 66.9 Å². The van der Waals surface area contributed by atoms with E-state index in [-0.39, 0.29) is 0 Å². The van der Waals surface area contributed by atoms with Crippen LogP contribution in [0.1, 0.15) is 5.56 Å². The second kappa shape index (κ2) is 8.15. The molecular weight excluding hydrogens is 312 g/mol. The van der Waals surface area contributed by atoms with Gasteiger partial charge in [-0.2, -0.15) is 4.98 Å². The highest BCUT2D eigenvalue weighted by atomic mass is 16.5. The van der Waals surface area contributed by atoms with Crippen LogP contribution in [0.5, 0.6) is 5.75 Å². The van der Waals surface area contributed by atoms with E-state index in [0.717, 1.165) is 30.2 Å². The Hall–Kier alpha value is -3.08. The summed E-state index contributed by atoms with van der Waals surface area (Å²) in [4.78, 5) is 10.9. The van der Waals surface area contributed by atoms with Gasteiger partial charge in [-0.25, -0.2) is 4.98 Å². The van der Waals surface area contributed by atoms with Gasteiger partial charge in [0.1, 0.15) is 11.6 Å². The lowest BCUT2D eigenvalue weighted by Crippen LogP contribution is -2.14. The maximum atomic E-state index is 5.26. The highest BCUT2D eigenvalue weighted by molar-refractivity contribution is 5.57. The summed E-state index contributed by atoms with van der Waals surface area (Å²) in [5, 5.41) is 3.36. The van der Waals surface area contributed by atoms with Crippen molar-refractivity contribution >= 4 is 17.5 Å². The maximum Gasteiger partial charge on any atom is 0.231 e. The molecule has 3 aromatic rings. The van der Waals surface area contributed by atoms with Crippen molar-refractivity contribution in [1.82, 2.24) is 9.97 Å². The van der Waals surface area contributed by atoms with Gasteiger partial charge in [0.15, 0.2) is 0 Å². The van der Waals surface area contributed by atoms with E-state index in [1.807, 2.05) is 60.5 Å². The monoisotopic (exact) mass is 334 g/mol. The number of ether oxygens (including phenoxy) is 1. The molecule has 0 aliphatic rings. The molecule has 0 amide bonds. The second-order valence-electron chi connectivity index (χ2n) is 5.66. The zero-order chi connectivity index (χ0) is 17.5. The van der Waals surface area contributed by atoms with Gasteiger partial charge < -0.3 is 15.0 Å². The van der Waals surface area contributed by atoms with Crippen molar-refractivity contribution < 1.29 is 4.74 Å². The lowest BCUT2D eigenvalue weighted by molar-refractivity contribution is 0.414. The molecule has 128 valence electrons. The van der Waals surface area contributed by atoms with Gasteiger partial charge in [0.2, 0.25) is 5.95 Å². The molecule has 0 aliphatic carbocycles. The quantitative estimate of drug-likeness (QED) is 0.710. The van der Waals surface area contributed by atoms with Crippen LogP contribution < -0.4 is 15.0 Å². The molecule has 5 nitrogen and oxygen atoms in total. The van der Waals surface area contributed by atoms with Crippen LogP contribution in [-0.4, -0.2) is 30.7 Å². The molecule has 0 saturated carbocycles. The van der Waals surface area contributed by atoms with Crippen LogP contribution >= 0.6 is 0 Å². The largest absolute Gasteiger partial charge is 0.497 e. The first-order valence-electron chi connectivity index (χ1n) is 8.25. The van der Waals surface area contributed by atoms with Crippen LogP contribution in [0.2, 0.25) is 0 Å². The minimum Gasteiger partial charge on any atom is -0.497 e. The number of rotatable bonds is 7. The minimum atomic E-state index is 0.664. The van der Waals surface area contributed by atoms with Crippen molar-refractivity contribution in [3.05, 3.63) is 72.4 Å². The predicted molar refractivity (Wildman–Crippen MR) is 102 cm³/mol. The number of hydrogen-bond acceptors (Lipinski definition) is 5. The third-order valence-electron chi connectivity index (χ3n) is 3.94. The average molecular weight is 334 g/mol. The van der Waals surface area contributed by atoms with E-state index in [1.165, 1.54) is 5.56 Å². The van der Waals surface area contributed by atoms with Crippen molar-refractivity contribution in [1.29, 1.82) is 0 Å². The van der Waals surface area contributed by atoms with E-state index < -0.39 is 0 Å². The van der Waals surface area contributed by atoms with Crippen molar-refractivity contribution in [2.45, 2.75) is 6.42 Å². The fourth-order valence-corrected chi connectivity index (χ4v) is 2.54. The topological polar surface area (TPSA) is 50.3 Å². The molecule has 2 aromatic carbocycles. The van der Waals surface area contributed by atoms with Gasteiger partial charge in [-0.05, 0) is 42.3 Å². The van der Waals surface area contributed by atoms with E-state index in [9.17, 15) is 0 Å². The molecule has 0 bridgehead atoms. The number of benzene rings is 2. The highest BCUT2D eigenvalue weighted by Crippen LogP contribution is 2.20. The van der Waals surface area contributed by atoms with E-state index in [1.54, 1.807) is 13.3 Å². The number of nitrogens with zero attached hydrogens (tertiary/aromatic N) is 3. The summed E-state index contributed by atoms with van der Waals surface area (Å²) >= 11 is 0. The zero-order valence-electron chi connectivity index (χ0n) is 14.5. The Labute approximate surface area is 148 Å². The van der Waals surface area contributed by atoms with E-state index in [4.69, 9.17) is 4.74 Å². The fourth-order valence-electron chi connectivity index (χ4n) is 2.54. The van der Waals surface area contributed by atoms with E-state index in [2.05, 4.69) is 27.4 Å². The molecular formula is C20H22N4O. The number of aromatic nitrogens is 2. The molecule has 0 saturated heterocycles. The molecule has 0 atom stereocenters. The summed E-state index contributed by atoms with van der Waals surface area (Å²) in [5.74, 6) is 2.36. The Morgan fingerprint density at radius 2 is 1.88 bits per heavy atom. The second-order valence-corrected chi connectivity index (χ2v) is 5.66. The number of para-hydroxylation sites is 1. The Kier molecular flexibility index (Phi) is 5.46. The molecule has 0 radical (unpaired) electrons. The lowest BCUT2D eigenvalue weighted by atomic mass is 10.1. The third-order valence-corrected chi connectivity index (χ3v) is 3.94. The molecule has 3 rings (SSSR count). The molecule has 1 N–H and O–H groups in total.